The van der Waals surface area contributed by atoms with Crippen molar-refractivity contribution >= 4 is 27.9 Å². The van der Waals surface area contributed by atoms with Crippen LogP contribution in [-0.4, -0.2) is 34.0 Å². The third-order valence-electron chi connectivity index (χ3n) is 4.21. The Hall–Kier alpha value is -2.64. The Bertz CT molecular complexity index is 1090. The maximum atomic E-state index is 6.09. The molecule has 0 aliphatic heterocycles. The summed E-state index contributed by atoms with van der Waals surface area (Å²) in [4.78, 5) is 0.771. The third kappa shape index (κ3) is 3.61. The first kappa shape index (κ1) is 17.8. The number of hydrogen-bond donors (Lipinski definition) is 0. The van der Waals surface area contributed by atoms with Gasteiger partial charge in [-0.2, -0.15) is 9.61 Å². The summed E-state index contributed by atoms with van der Waals surface area (Å²) in [7, 11) is 3.26. The van der Waals surface area contributed by atoms with Gasteiger partial charge in [0.2, 0.25) is 4.96 Å². The van der Waals surface area contributed by atoms with Gasteiger partial charge < -0.3 is 9.47 Å². The highest BCUT2D eigenvalue weighted by Gasteiger charge is 2.14. The Kier molecular flexibility index (Phi) is 4.96. The molecular formula is C19H17ClN4O2S. The fraction of sp³-hybridized carbons (Fsp3) is 0.211. The van der Waals surface area contributed by atoms with Crippen molar-refractivity contribution in [3.63, 3.8) is 0 Å². The fourth-order valence-corrected chi connectivity index (χ4v) is 3.89. The summed E-state index contributed by atoms with van der Waals surface area (Å²) < 4.78 is 12.5. The van der Waals surface area contributed by atoms with Gasteiger partial charge in [0.05, 0.1) is 14.2 Å². The maximum absolute atomic E-state index is 6.09. The quantitative estimate of drug-likeness (QED) is 0.482. The molecule has 4 aromatic rings. The number of fused-ring (bicyclic) bond motifs is 1. The Morgan fingerprint density at radius 1 is 1.00 bits per heavy atom. The van der Waals surface area contributed by atoms with Crippen LogP contribution in [0.3, 0.4) is 0 Å². The second-order valence-electron chi connectivity index (χ2n) is 5.92. The number of aromatic nitrogens is 4. The number of hydrogen-bond acceptors (Lipinski definition) is 6. The molecule has 0 aliphatic rings. The molecule has 0 saturated carbocycles. The lowest BCUT2D eigenvalue weighted by Crippen LogP contribution is -2.00. The molecular weight excluding hydrogens is 384 g/mol. The number of halogens is 1. The van der Waals surface area contributed by atoms with Crippen molar-refractivity contribution < 1.29 is 9.47 Å². The van der Waals surface area contributed by atoms with E-state index in [0.29, 0.717) is 5.02 Å². The molecule has 0 fully saturated rings. The Balaban J connectivity index is 1.56. The normalized spacial score (nSPS) is 11.1. The van der Waals surface area contributed by atoms with Crippen LogP contribution in [0, 0.1) is 0 Å². The van der Waals surface area contributed by atoms with Gasteiger partial charge in [0.15, 0.2) is 17.3 Å². The highest BCUT2D eigenvalue weighted by atomic mass is 35.5. The van der Waals surface area contributed by atoms with Crippen LogP contribution in [0.5, 0.6) is 11.5 Å². The van der Waals surface area contributed by atoms with Crippen LogP contribution in [0.15, 0.2) is 42.5 Å². The fourth-order valence-electron chi connectivity index (χ4n) is 2.84. The van der Waals surface area contributed by atoms with E-state index in [0.717, 1.165) is 51.3 Å². The van der Waals surface area contributed by atoms with Crippen molar-refractivity contribution in [3.05, 3.63) is 58.9 Å². The summed E-state index contributed by atoms with van der Waals surface area (Å²) in [5.74, 6) is 2.26. The van der Waals surface area contributed by atoms with E-state index in [2.05, 4.69) is 15.3 Å². The van der Waals surface area contributed by atoms with Gasteiger partial charge >= 0.3 is 0 Å². The summed E-state index contributed by atoms with van der Waals surface area (Å²) in [5.41, 5.74) is 2.11. The first-order valence-electron chi connectivity index (χ1n) is 8.36. The molecule has 0 unspecified atom stereocenters. The predicted molar refractivity (Wildman–Crippen MR) is 106 cm³/mol. The van der Waals surface area contributed by atoms with Gasteiger partial charge in [-0.15, -0.1) is 10.2 Å². The van der Waals surface area contributed by atoms with Gasteiger partial charge in [0, 0.05) is 17.0 Å². The average Bonchev–Trinajstić information content (AvgIpc) is 3.27. The molecule has 0 saturated heterocycles. The lowest BCUT2D eigenvalue weighted by molar-refractivity contribution is 0.354. The zero-order chi connectivity index (χ0) is 18.8. The Labute approximate surface area is 165 Å². The standard InChI is InChI=1S/C19H17ClN4O2S/c1-25-15-8-6-12(10-16(15)26-2)7-9-17-21-22-19-24(17)23-18(27-19)13-4-3-5-14(20)11-13/h3-6,8,10-11H,7,9H2,1-2H3. The summed E-state index contributed by atoms with van der Waals surface area (Å²) >= 11 is 7.58. The first-order chi connectivity index (χ1) is 13.2. The second kappa shape index (κ2) is 7.54. The molecule has 6 nitrogen and oxygen atoms in total. The van der Waals surface area contributed by atoms with Gasteiger partial charge in [0.25, 0.3) is 0 Å². The summed E-state index contributed by atoms with van der Waals surface area (Å²) in [5, 5.41) is 14.8. The van der Waals surface area contributed by atoms with Gasteiger partial charge in [-0.05, 0) is 36.2 Å². The molecule has 2 aromatic carbocycles. The topological polar surface area (TPSA) is 61.5 Å². The zero-order valence-corrected chi connectivity index (χ0v) is 16.4. The largest absolute Gasteiger partial charge is 0.493 e. The lowest BCUT2D eigenvalue weighted by Gasteiger charge is -2.09. The average molecular weight is 401 g/mol. The van der Waals surface area contributed by atoms with Crippen LogP contribution < -0.4 is 9.47 Å². The van der Waals surface area contributed by atoms with Gasteiger partial charge in [-0.1, -0.05) is 41.1 Å². The SMILES string of the molecule is COc1ccc(CCc2nnc3sc(-c4cccc(Cl)c4)nn23)cc1OC. The lowest BCUT2D eigenvalue weighted by atomic mass is 10.1. The van der Waals surface area contributed by atoms with E-state index in [4.69, 9.17) is 21.1 Å². The number of methoxy groups -OCH3 is 2. The molecule has 2 aromatic heterocycles. The molecule has 138 valence electrons. The minimum Gasteiger partial charge on any atom is -0.493 e. The second-order valence-corrected chi connectivity index (χ2v) is 7.31. The van der Waals surface area contributed by atoms with Crippen LogP contribution in [0.1, 0.15) is 11.4 Å². The van der Waals surface area contributed by atoms with E-state index in [1.54, 1.807) is 14.2 Å². The van der Waals surface area contributed by atoms with Crippen molar-refractivity contribution in [2.24, 2.45) is 0 Å². The molecule has 8 heteroatoms. The smallest absolute Gasteiger partial charge is 0.234 e. The molecule has 0 amide bonds. The molecule has 0 aliphatic carbocycles. The summed E-state index contributed by atoms with van der Waals surface area (Å²) in [6.45, 7) is 0. The maximum Gasteiger partial charge on any atom is 0.234 e. The van der Waals surface area contributed by atoms with Crippen molar-refractivity contribution in [3.8, 4) is 22.1 Å². The molecule has 0 radical (unpaired) electrons. The Morgan fingerprint density at radius 2 is 1.85 bits per heavy atom. The molecule has 0 bridgehead atoms. The molecule has 4 rings (SSSR count). The van der Waals surface area contributed by atoms with Crippen molar-refractivity contribution in [1.82, 2.24) is 19.8 Å². The highest BCUT2D eigenvalue weighted by molar-refractivity contribution is 7.19. The van der Waals surface area contributed by atoms with Crippen LogP contribution in [0.2, 0.25) is 5.02 Å². The van der Waals surface area contributed by atoms with E-state index in [1.165, 1.54) is 11.3 Å². The van der Waals surface area contributed by atoms with E-state index in [9.17, 15) is 0 Å². The molecule has 0 N–H and O–H groups in total. The minimum absolute atomic E-state index is 0.687. The number of benzene rings is 2. The molecule has 0 spiro atoms. The van der Waals surface area contributed by atoms with Crippen LogP contribution in [0.4, 0.5) is 0 Å². The van der Waals surface area contributed by atoms with Crippen LogP contribution in [-0.2, 0) is 12.8 Å². The van der Waals surface area contributed by atoms with Crippen molar-refractivity contribution in [2.75, 3.05) is 14.2 Å². The van der Waals surface area contributed by atoms with E-state index < -0.39 is 0 Å². The van der Waals surface area contributed by atoms with Crippen LogP contribution in [0.25, 0.3) is 15.5 Å². The summed E-state index contributed by atoms with van der Waals surface area (Å²) in [6.07, 6.45) is 1.51. The van der Waals surface area contributed by atoms with Crippen LogP contribution >= 0.6 is 22.9 Å². The molecule has 27 heavy (non-hydrogen) atoms. The summed E-state index contributed by atoms with van der Waals surface area (Å²) in [6, 6.07) is 13.6. The number of ether oxygens (including phenoxy) is 2. The van der Waals surface area contributed by atoms with E-state index in [-0.39, 0.29) is 0 Å². The predicted octanol–water partition coefficient (Wildman–Crippen LogP) is 4.31. The number of nitrogens with zero attached hydrogens (tertiary/aromatic N) is 4. The van der Waals surface area contributed by atoms with Crippen molar-refractivity contribution in [1.29, 1.82) is 0 Å². The van der Waals surface area contributed by atoms with E-state index >= 15 is 0 Å². The number of rotatable bonds is 6. The first-order valence-corrected chi connectivity index (χ1v) is 9.55. The van der Waals surface area contributed by atoms with Gasteiger partial charge in [-0.25, -0.2) is 0 Å². The third-order valence-corrected chi connectivity index (χ3v) is 5.40. The zero-order valence-electron chi connectivity index (χ0n) is 14.8. The molecule has 0 atom stereocenters. The van der Waals surface area contributed by atoms with Gasteiger partial charge in [-0.3, -0.25) is 0 Å². The highest BCUT2D eigenvalue weighted by Crippen LogP contribution is 2.29. The monoisotopic (exact) mass is 400 g/mol. The Morgan fingerprint density at radius 3 is 2.63 bits per heavy atom. The number of aryl methyl sites for hydroxylation is 2. The van der Waals surface area contributed by atoms with Gasteiger partial charge in [0.1, 0.15) is 5.01 Å². The minimum atomic E-state index is 0.687. The van der Waals surface area contributed by atoms with Crippen molar-refractivity contribution in [2.45, 2.75) is 12.8 Å². The van der Waals surface area contributed by atoms with E-state index in [1.807, 2.05) is 47.0 Å². The molecule has 2 heterocycles.